The molecule has 14 heavy (non-hydrogen) atoms. The first-order valence-electron chi connectivity index (χ1n) is 4.65. The summed E-state index contributed by atoms with van der Waals surface area (Å²) in [7, 11) is 0. The number of nitrogens with zero attached hydrogens (tertiary/aromatic N) is 1. The van der Waals surface area contributed by atoms with Gasteiger partial charge in [0.1, 0.15) is 0 Å². The third kappa shape index (κ3) is 3.12. The zero-order valence-corrected chi connectivity index (χ0v) is 8.12. The van der Waals surface area contributed by atoms with Crippen LogP contribution in [-0.2, 0) is 9.78 Å². The summed E-state index contributed by atoms with van der Waals surface area (Å²) >= 11 is 0. The Balaban J connectivity index is 2.17. The lowest BCUT2D eigenvalue weighted by Gasteiger charge is -2.12. The van der Waals surface area contributed by atoms with Crippen LogP contribution < -0.4 is 5.32 Å². The lowest BCUT2D eigenvalue weighted by Crippen LogP contribution is -2.31. The fourth-order valence-corrected chi connectivity index (χ4v) is 1.20. The molecule has 0 saturated carbocycles. The van der Waals surface area contributed by atoms with Crippen LogP contribution in [0, 0.1) is 0 Å². The molecule has 1 fully saturated rings. The average molecular weight is 202 g/mol. The Labute approximate surface area is 82.1 Å². The van der Waals surface area contributed by atoms with Gasteiger partial charge >= 0.3 is 12.2 Å². The summed E-state index contributed by atoms with van der Waals surface area (Å²) in [4.78, 5) is 31.9. The summed E-state index contributed by atoms with van der Waals surface area (Å²) in [5, 5.41) is 2.33. The summed E-state index contributed by atoms with van der Waals surface area (Å²) in [6, 6.07) is 0. The SMILES string of the molecule is CCNC(=O)OOC(=O)N1CCCC1. The number of likely N-dealkylation sites (tertiary alicyclic amines) is 1. The lowest BCUT2D eigenvalue weighted by molar-refractivity contribution is -0.187. The topological polar surface area (TPSA) is 67.9 Å². The van der Waals surface area contributed by atoms with E-state index in [9.17, 15) is 9.59 Å². The van der Waals surface area contributed by atoms with Crippen LogP contribution in [0.3, 0.4) is 0 Å². The second kappa shape index (κ2) is 5.31. The van der Waals surface area contributed by atoms with Gasteiger partial charge in [-0.1, -0.05) is 0 Å². The monoisotopic (exact) mass is 202 g/mol. The molecular weight excluding hydrogens is 188 g/mol. The van der Waals surface area contributed by atoms with Crippen LogP contribution >= 0.6 is 0 Å². The Hall–Kier alpha value is -1.46. The molecule has 1 saturated heterocycles. The van der Waals surface area contributed by atoms with Gasteiger partial charge in [-0.05, 0) is 19.8 Å². The lowest BCUT2D eigenvalue weighted by atomic mass is 10.4. The van der Waals surface area contributed by atoms with Gasteiger partial charge in [-0.25, -0.2) is 19.4 Å². The van der Waals surface area contributed by atoms with E-state index in [1.54, 1.807) is 6.92 Å². The molecule has 0 aromatic rings. The minimum Gasteiger partial charge on any atom is -0.319 e. The molecule has 0 radical (unpaired) electrons. The van der Waals surface area contributed by atoms with Gasteiger partial charge < -0.3 is 10.2 Å². The molecule has 2 amide bonds. The first-order valence-corrected chi connectivity index (χ1v) is 4.65. The molecule has 0 spiro atoms. The van der Waals surface area contributed by atoms with Crippen molar-refractivity contribution in [3.8, 4) is 0 Å². The van der Waals surface area contributed by atoms with Crippen LogP contribution in [0.25, 0.3) is 0 Å². The van der Waals surface area contributed by atoms with Crippen LogP contribution in [0.15, 0.2) is 0 Å². The van der Waals surface area contributed by atoms with Crippen LogP contribution in [0.5, 0.6) is 0 Å². The molecule has 6 nitrogen and oxygen atoms in total. The van der Waals surface area contributed by atoms with Gasteiger partial charge in [0.05, 0.1) is 0 Å². The van der Waals surface area contributed by atoms with E-state index < -0.39 is 12.2 Å². The summed E-state index contributed by atoms with van der Waals surface area (Å²) in [5.74, 6) is 0. The maximum absolute atomic E-state index is 11.2. The highest BCUT2D eigenvalue weighted by atomic mass is 17.2. The van der Waals surface area contributed by atoms with E-state index in [0.29, 0.717) is 19.6 Å². The van der Waals surface area contributed by atoms with Gasteiger partial charge in [-0.2, -0.15) is 0 Å². The molecule has 1 N–H and O–H groups in total. The minimum atomic E-state index is -0.750. The zero-order valence-electron chi connectivity index (χ0n) is 8.12. The first kappa shape index (κ1) is 10.6. The van der Waals surface area contributed by atoms with Crippen molar-refractivity contribution in [2.75, 3.05) is 19.6 Å². The number of carbonyl (C=O) groups excluding carboxylic acids is 2. The molecule has 0 unspecified atom stereocenters. The maximum Gasteiger partial charge on any atom is 0.453 e. The summed E-state index contributed by atoms with van der Waals surface area (Å²) in [6.07, 6.45) is 0.584. The number of hydrogen-bond acceptors (Lipinski definition) is 4. The molecule has 1 aliphatic heterocycles. The third-order valence-corrected chi connectivity index (χ3v) is 1.87. The smallest absolute Gasteiger partial charge is 0.319 e. The molecule has 0 aliphatic carbocycles. The molecule has 1 aliphatic rings. The van der Waals surface area contributed by atoms with Crippen molar-refractivity contribution in [1.82, 2.24) is 10.2 Å². The van der Waals surface area contributed by atoms with Crippen molar-refractivity contribution in [2.24, 2.45) is 0 Å². The largest absolute Gasteiger partial charge is 0.453 e. The van der Waals surface area contributed by atoms with Crippen LogP contribution in [-0.4, -0.2) is 36.7 Å². The van der Waals surface area contributed by atoms with Gasteiger partial charge in [0.15, 0.2) is 0 Å². The van der Waals surface area contributed by atoms with Gasteiger partial charge in [0.25, 0.3) is 0 Å². The van der Waals surface area contributed by atoms with E-state index >= 15 is 0 Å². The molecule has 0 aromatic carbocycles. The quantitative estimate of drug-likeness (QED) is 0.506. The third-order valence-electron chi connectivity index (χ3n) is 1.87. The number of hydrogen-bond donors (Lipinski definition) is 1. The number of rotatable bonds is 1. The normalized spacial score (nSPS) is 15.1. The van der Waals surface area contributed by atoms with Crippen molar-refractivity contribution in [2.45, 2.75) is 19.8 Å². The highest BCUT2D eigenvalue weighted by Crippen LogP contribution is 2.08. The molecule has 0 aromatic heterocycles. The van der Waals surface area contributed by atoms with Crippen molar-refractivity contribution in [3.05, 3.63) is 0 Å². The molecule has 6 heteroatoms. The van der Waals surface area contributed by atoms with Crippen LogP contribution in [0.2, 0.25) is 0 Å². The molecule has 0 atom stereocenters. The molecule has 1 heterocycles. The summed E-state index contributed by atoms with van der Waals surface area (Å²) in [5.41, 5.74) is 0. The van der Waals surface area contributed by atoms with Crippen LogP contribution in [0.4, 0.5) is 9.59 Å². The summed E-state index contributed by atoms with van der Waals surface area (Å²) in [6.45, 7) is 3.50. The highest BCUT2D eigenvalue weighted by Gasteiger charge is 2.21. The van der Waals surface area contributed by atoms with E-state index in [1.807, 2.05) is 0 Å². The Morgan fingerprint density at radius 2 is 1.93 bits per heavy atom. The average Bonchev–Trinajstić information content (AvgIpc) is 2.67. The van der Waals surface area contributed by atoms with Crippen molar-refractivity contribution >= 4 is 12.2 Å². The Morgan fingerprint density at radius 3 is 2.50 bits per heavy atom. The van der Waals surface area contributed by atoms with Crippen LogP contribution in [0.1, 0.15) is 19.8 Å². The Morgan fingerprint density at radius 1 is 1.29 bits per heavy atom. The molecule has 80 valence electrons. The standard InChI is InChI=1S/C8H14N2O4/c1-2-9-7(11)13-14-8(12)10-5-3-4-6-10/h2-6H2,1H3,(H,9,11). The fourth-order valence-electron chi connectivity index (χ4n) is 1.20. The minimum absolute atomic E-state index is 0.431. The van der Waals surface area contributed by atoms with Crippen molar-refractivity contribution < 1.29 is 19.4 Å². The predicted molar refractivity (Wildman–Crippen MR) is 47.4 cm³/mol. The van der Waals surface area contributed by atoms with E-state index in [4.69, 9.17) is 0 Å². The predicted octanol–water partition coefficient (Wildman–Crippen LogP) is 0.880. The maximum atomic E-state index is 11.2. The Bertz CT molecular complexity index is 213. The van der Waals surface area contributed by atoms with Crippen molar-refractivity contribution in [1.29, 1.82) is 0 Å². The van der Waals surface area contributed by atoms with E-state index in [1.165, 1.54) is 4.90 Å². The highest BCUT2D eigenvalue weighted by molar-refractivity contribution is 5.70. The van der Waals surface area contributed by atoms with E-state index in [-0.39, 0.29) is 0 Å². The number of nitrogens with one attached hydrogen (secondary N) is 1. The van der Waals surface area contributed by atoms with Gasteiger partial charge in [0, 0.05) is 19.6 Å². The number of carbonyl (C=O) groups is 2. The fraction of sp³-hybridized carbons (Fsp3) is 0.750. The molecule has 0 bridgehead atoms. The van der Waals surface area contributed by atoms with Gasteiger partial charge in [0.2, 0.25) is 0 Å². The second-order valence-corrected chi connectivity index (χ2v) is 2.94. The zero-order chi connectivity index (χ0) is 10.4. The van der Waals surface area contributed by atoms with Gasteiger partial charge in [-0.3, -0.25) is 0 Å². The molecular formula is C8H14N2O4. The Kier molecular flexibility index (Phi) is 4.03. The second-order valence-electron chi connectivity index (χ2n) is 2.94. The van der Waals surface area contributed by atoms with E-state index in [2.05, 4.69) is 15.1 Å². The van der Waals surface area contributed by atoms with E-state index in [0.717, 1.165) is 12.8 Å². The molecule has 1 rings (SSSR count). The van der Waals surface area contributed by atoms with Crippen molar-refractivity contribution in [3.63, 3.8) is 0 Å². The first-order chi connectivity index (χ1) is 6.74. The number of amides is 2. The summed E-state index contributed by atoms with van der Waals surface area (Å²) < 4.78 is 0. The van der Waals surface area contributed by atoms with Gasteiger partial charge in [-0.15, -0.1) is 0 Å².